The highest BCUT2D eigenvalue weighted by Gasteiger charge is 2.28. The smallest absolute Gasteiger partial charge is 0.422 e. The molecule has 8 heteroatoms. The van der Waals surface area contributed by atoms with Gasteiger partial charge in [0.05, 0.1) is 6.61 Å². The number of carbonyl (C=O) groups is 1. The van der Waals surface area contributed by atoms with E-state index in [4.69, 9.17) is 25.8 Å². The summed E-state index contributed by atoms with van der Waals surface area (Å²) in [7, 11) is 0. The number of aryl methyl sites for hydroxylation is 2. The zero-order valence-corrected chi connectivity index (χ0v) is 17.0. The van der Waals surface area contributed by atoms with Crippen LogP contribution >= 0.6 is 11.6 Å². The van der Waals surface area contributed by atoms with E-state index in [-0.39, 0.29) is 5.75 Å². The fourth-order valence-electron chi connectivity index (χ4n) is 3.15. The lowest BCUT2D eigenvalue weighted by molar-refractivity contribution is -0.153. The summed E-state index contributed by atoms with van der Waals surface area (Å²) in [5, 5.41) is 0.382. The van der Waals surface area contributed by atoms with Gasteiger partial charge in [-0.2, -0.15) is 13.2 Å². The molecular formula is C22H22ClF3O4. The van der Waals surface area contributed by atoms with Gasteiger partial charge in [-0.15, -0.1) is 0 Å². The molecule has 1 aliphatic rings. The summed E-state index contributed by atoms with van der Waals surface area (Å²) in [6, 6.07) is 10.2. The van der Waals surface area contributed by atoms with Gasteiger partial charge in [0.2, 0.25) is 0 Å². The van der Waals surface area contributed by atoms with Crippen molar-refractivity contribution in [1.82, 2.24) is 0 Å². The van der Waals surface area contributed by atoms with Crippen molar-refractivity contribution >= 4 is 17.9 Å². The number of alkyl halides is 3. The highest BCUT2D eigenvalue weighted by Crippen LogP contribution is 2.31. The third-order valence-corrected chi connectivity index (χ3v) is 5.06. The Hall–Kier alpha value is -2.41. The molecule has 0 saturated carbocycles. The molecule has 1 aliphatic heterocycles. The van der Waals surface area contributed by atoms with Crippen LogP contribution in [0.25, 0.3) is 0 Å². The Kier molecular flexibility index (Phi) is 7.48. The van der Waals surface area contributed by atoms with E-state index >= 15 is 0 Å². The van der Waals surface area contributed by atoms with Crippen LogP contribution < -0.4 is 14.2 Å². The summed E-state index contributed by atoms with van der Waals surface area (Å²) in [4.78, 5) is 10.9. The monoisotopic (exact) mass is 442 g/mol. The van der Waals surface area contributed by atoms with Crippen molar-refractivity contribution < 1.29 is 32.2 Å². The SMILES string of the molecule is O=CC1CCc2ccc(OCCCCc3ccc(OCC(F)(F)F)cc3Cl)cc2O1. The summed E-state index contributed by atoms with van der Waals surface area (Å²) in [6.45, 7) is -0.843. The zero-order valence-electron chi connectivity index (χ0n) is 16.2. The maximum absolute atomic E-state index is 12.2. The Labute approximate surface area is 177 Å². The first-order valence-electron chi connectivity index (χ1n) is 9.70. The van der Waals surface area contributed by atoms with Gasteiger partial charge in [-0.25, -0.2) is 0 Å². The Balaban J connectivity index is 1.42. The number of rotatable bonds is 9. The fourth-order valence-corrected chi connectivity index (χ4v) is 3.41. The minimum Gasteiger partial charge on any atom is -0.493 e. The van der Waals surface area contributed by atoms with Gasteiger partial charge in [-0.1, -0.05) is 23.7 Å². The van der Waals surface area contributed by atoms with Gasteiger partial charge in [0.1, 0.15) is 17.2 Å². The molecule has 30 heavy (non-hydrogen) atoms. The van der Waals surface area contributed by atoms with Gasteiger partial charge in [0.25, 0.3) is 0 Å². The van der Waals surface area contributed by atoms with Gasteiger partial charge < -0.3 is 14.2 Å². The first kappa shape index (κ1) is 22.3. The van der Waals surface area contributed by atoms with Gasteiger partial charge in [-0.3, -0.25) is 4.79 Å². The van der Waals surface area contributed by atoms with Crippen LogP contribution in [-0.2, 0) is 17.6 Å². The van der Waals surface area contributed by atoms with E-state index in [1.54, 1.807) is 6.07 Å². The second-order valence-corrected chi connectivity index (χ2v) is 7.47. The summed E-state index contributed by atoms with van der Waals surface area (Å²) < 4.78 is 52.7. The highest BCUT2D eigenvalue weighted by molar-refractivity contribution is 6.31. The van der Waals surface area contributed by atoms with E-state index in [0.29, 0.717) is 36.0 Å². The molecule has 1 unspecified atom stereocenters. The molecule has 3 rings (SSSR count). The Morgan fingerprint density at radius 3 is 2.60 bits per heavy atom. The van der Waals surface area contributed by atoms with E-state index in [0.717, 1.165) is 36.7 Å². The van der Waals surface area contributed by atoms with E-state index in [1.807, 2.05) is 18.2 Å². The van der Waals surface area contributed by atoms with Crippen molar-refractivity contribution in [1.29, 1.82) is 0 Å². The standard InChI is InChI=1S/C22H22ClF3O4/c23-20-11-17(29-14-22(24,25)26)7-4-15(20)3-1-2-10-28-18-8-5-16-6-9-19(13-27)30-21(16)12-18/h4-5,7-8,11-13,19H,1-3,6,9-10,14H2. The molecule has 0 saturated heterocycles. The molecule has 1 atom stereocenters. The van der Waals surface area contributed by atoms with Crippen molar-refractivity contribution in [2.75, 3.05) is 13.2 Å². The molecule has 2 aromatic rings. The molecule has 4 nitrogen and oxygen atoms in total. The molecule has 0 fully saturated rings. The highest BCUT2D eigenvalue weighted by atomic mass is 35.5. The van der Waals surface area contributed by atoms with Crippen LogP contribution in [0.5, 0.6) is 17.2 Å². The third kappa shape index (κ3) is 6.55. The third-order valence-electron chi connectivity index (χ3n) is 4.70. The van der Waals surface area contributed by atoms with Crippen molar-refractivity contribution in [3.05, 3.63) is 52.5 Å². The number of hydrogen-bond acceptors (Lipinski definition) is 4. The van der Waals surface area contributed by atoms with Crippen LogP contribution in [0, 0.1) is 0 Å². The van der Waals surface area contributed by atoms with E-state index in [1.165, 1.54) is 12.1 Å². The summed E-state index contributed by atoms with van der Waals surface area (Å²) >= 11 is 6.15. The second-order valence-electron chi connectivity index (χ2n) is 7.06. The van der Waals surface area contributed by atoms with Crippen molar-refractivity contribution in [2.45, 2.75) is 44.4 Å². The number of aldehydes is 1. The van der Waals surface area contributed by atoms with E-state index in [2.05, 4.69) is 0 Å². The summed E-state index contributed by atoms with van der Waals surface area (Å²) in [5.74, 6) is 1.47. The number of fused-ring (bicyclic) bond motifs is 1. The normalized spacial score (nSPS) is 15.8. The molecule has 1 heterocycles. The van der Waals surface area contributed by atoms with Crippen LogP contribution in [0.3, 0.4) is 0 Å². The first-order valence-corrected chi connectivity index (χ1v) is 10.1. The predicted octanol–water partition coefficient (Wildman–Crippen LogP) is 5.58. The van der Waals surface area contributed by atoms with Crippen LogP contribution in [-0.4, -0.2) is 31.8 Å². The van der Waals surface area contributed by atoms with Crippen LogP contribution in [0.1, 0.15) is 30.4 Å². The molecule has 0 amide bonds. The lowest BCUT2D eigenvalue weighted by Gasteiger charge is -2.22. The maximum Gasteiger partial charge on any atom is 0.422 e. The summed E-state index contributed by atoms with van der Waals surface area (Å²) in [5.41, 5.74) is 1.91. The largest absolute Gasteiger partial charge is 0.493 e. The van der Waals surface area contributed by atoms with Crippen molar-refractivity contribution in [2.24, 2.45) is 0 Å². The number of hydrogen-bond donors (Lipinski definition) is 0. The summed E-state index contributed by atoms with van der Waals surface area (Å²) in [6.07, 6.45) is -0.218. The van der Waals surface area contributed by atoms with Gasteiger partial charge in [-0.05, 0) is 61.4 Å². The van der Waals surface area contributed by atoms with Crippen LogP contribution in [0.2, 0.25) is 5.02 Å². The van der Waals surface area contributed by atoms with Crippen LogP contribution in [0.4, 0.5) is 13.2 Å². The maximum atomic E-state index is 12.2. The molecular weight excluding hydrogens is 421 g/mol. The molecule has 0 radical (unpaired) electrons. The number of ether oxygens (including phenoxy) is 3. The minimum atomic E-state index is -4.38. The van der Waals surface area contributed by atoms with Gasteiger partial charge in [0.15, 0.2) is 19.0 Å². The molecule has 0 aliphatic carbocycles. The number of halogens is 4. The van der Waals surface area contributed by atoms with Crippen molar-refractivity contribution in [3.8, 4) is 17.2 Å². The Morgan fingerprint density at radius 2 is 1.87 bits per heavy atom. The Bertz CT molecular complexity index is 870. The van der Waals surface area contributed by atoms with E-state index in [9.17, 15) is 18.0 Å². The average Bonchev–Trinajstić information content (AvgIpc) is 2.72. The zero-order chi connectivity index (χ0) is 21.6. The van der Waals surface area contributed by atoms with Gasteiger partial charge in [0, 0.05) is 11.1 Å². The van der Waals surface area contributed by atoms with Crippen LogP contribution in [0.15, 0.2) is 36.4 Å². The van der Waals surface area contributed by atoms with Crippen molar-refractivity contribution in [3.63, 3.8) is 0 Å². The second kappa shape index (κ2) is 10.1. The molecule has 0 aromatic heterocycles. The lowest BCUT2D eigenvalue weighted by atomic mass is 10.0. The quantitative estimate of drug-likeness (QED) is 0.376. The molecule has 2 aromatic carbocycles. The van der Waals surface area contributed by atoms with Gasteiger partial charge >= 0.3 is 6.18 Å². The number of carbonyl (C=O) groups excluding carboxylic acids is 1. The van der Waals surface area contributed by atoms with E-state index < -0.39 is 18.9 Å². The average molecular weight is 443 g/mol. The first-order chi connectivity index (χ1) is 14.3. The topological polar surface area (TPSA) is 44.8 Å². The number of unbranched alkanes of at least 4 members (excludes halogenated alkanes) is 1. The number of benzene rings is 2. The predicted molar refractivity (Wildman–Crippen MR) is 107 cm³/mol. The lowest BCUT2D eigenvalue weighted by Crippen LogP contribution is -2.23. The Morgan fingerprint density at radius 1 is 1.10 bits per heavy atom. The molecule has 162 valence electrons. The molecule has 0 spiro atoms. The molecule has 0 bridgehead atoms. The fraction of sp³-hybridized carbons (Fsp3) is 0.409. The minimum absolute atomic E-state index is 0.0934. The molecule has 0 N–H and O–H groups in total.